The minimum atomic E-state index is 0.289. The van der Waals surface area contributed by atoms with Crippen molar-refractivity contribution in [1.29, 1.82) is 0 Å². The summed E-state index contributed by atoms with van der Waals surface area (Å²) in [5.41, 5.74) is 0. The molecule has 0 fully saturated rings. The van der Waals surface area contributed by atoms with E-state index in [9.17, 15) is 0 Å². The molecule has 5 nitrogen and oxygen atoms in total. The van der Waals surface area contributed by atoms with Gasteiger partial charge >= 0.3 is 0 Å². The van der Waals surface area contributed by atoms with Crippen LogP contribution in [0.3, 0.4) is 0 Å². The molecule has 0 saturated carbocycles. The molecule has 0 spiro atoms. The third-order valence-corrected chi connectivity index (χ3v) is 2.44. The van der Waals surface area contributed by atoms with Crippen molar-refractivity contribution in [3.63, 3.8) is 0 Å². The second-order valence-electron chi connectivity index (χ2n) is 3.64. The third-order valence-electron chi connectivity index (χ3n) is 2.18. The largest absolute Gasteiger partial charge is 0.468 e. The molecule has 96 valence electrons. The molecule has 2 rings (SSSR count). The number of anilines is 1. The number of ether oxygens (including phenoxy) is 1. The summed E-state index contributed by atoms with van der Waals surface area (Å²) in [5, 5.41) is 3.45. The predicted molar refractivity (Wildman–Crippen MR) is 68.9 cm³/mol. The Morgan fingerprint density at radius 1 is 1.50 bits per heavy atom. The Labute approximate surface area is 110 Å². The first-order chi connectivity index (χ1) is 8.79. The van der Waals surface area contributed by atoms with E-state index in [1.54, 1.807) is 12.3 Å². The zero-order valence-electron chi connectivity index (χ0n) is 10.0. The summed E-state index contributed by atoms with van der Waals surface area (Å²) in [6.07, 6.45) is 4.10. The van der Waals surface area contributed by atoms with Crippen LogP contribution in [0.2, 0.25) is 5.02 Å². The van der Waals surface area contributed by atoms with E-state index in [-0.39, 0.29) is 6.61 Å². The molecule has 0 aromatic carbocycles. The maximum absolute atomic E-state index is 5.96. The minimum Gasteiger partial charge on any atom is -0.468 e. The van der Waals surface area contributed by atoms with E-state index in [2.05, 4.69) is 22.2 Å². The van der Waals surface area contributed by atoms with Crippen molar-refractivity contribution in [2.24, 2.45) is 0 Å². The summed E-state index contributed by atoms with van der Waals surface area (Å²) >= 11 is 5.96. The molecule has 0 atom stereocenters. The number of aromatic nitrogens is 2. The van der Waals surface area contributed by atoms with Crippen LogP contribution in [0.25, 0.3) is 0 Å². The molecule has 2 heterocycles. The Morgan fingerprint density at radius 2 is 2.39 bits per heavy atom. The van der Waals surface area contributed by atoms with Crippen molar-refractivity contribution in [2.45, 2.75) is 20.0 Å². The van der Waals surface area contributed by atoms with Gasteiger partial charge in [0, 0.05) is 6.54 Å². The molecule has 0 unspecified atom stereocenters. The second-order valence-corrected chi connectivity index (χ2v) is 4.05. The molecule has 0 bridgehead atoms. The van der Waals surface area contributed by atoms with Gasteiger partial charge in [0.25, 0.3) is 0 Å². The van der Waals surface area contributed by atoms with Gasteiger partial charge in [0.1, 0.15) is 17.4 Å². The highest BCUT2D eigenvalue weighted by Gasteiger charge is 2.07. The number of hydrogen-bond donors (Lipinski definition) is 1. The summed E-state index contributed by atoms with van der Waals surface area (Å²) < 4.78 is 10.6. The van der Waals surface area contributed by atoms with Crippen LogP contribution in [0.1, 0.15) is 19.1 Å². The molecular formula is C12H14ClN3O2. The van der Waals surface area contributed by atoms with E-state index in [0.29, 0.717) is 22.6 Å². The normalized spacial score (nSPS) is 10.3. The van der Waals surface area contributed by atoms with Gasteiger partial charge in [0.2, 0.25) is 11.8 Å². The van der Waals surface area contributed by atoms with Crippen LogP contribution in [0.5, 0.6) is 5.88 Å². The fraction of sp³-hybridized carbons (Fsp3) is 0.333. The standard InChI is InChI=1S/C12H14ClN3O2/c1-2-5-14-12-15-7-10(13)11(16-12)18-8-9-4-3-6-17-9/h3-4,6-7H,2,5,8H2,1H3,(H,14,15,16). The van der Waals surface area contributed by atoms with Crippen LogP contribution < -0.4 is 10.1 Å². The molecule has 0 aliphatic heterocycles. The predicted octanol–water partition coefficient (Wildman–Crippen LogP) is 3.12. The van der Waals surface area contributed by atoms with Gasteiger partial charge in [-0.05, 0) is 18.6 Å². The summed E-state index contributed by atoms with van der Waals surface area (Å²) in [6, 6.07) is 3.62. The summed E-state index contributed by atoms with van der Waals surface area (Å²) in [7, 11) is 0. The topological polar surface area (TPSA) is 60.2 Å². The van der Waals surface area contributed by atoms with Gasteiger partial charge in [-0.25, -0.2) is 4.98 Å². The molecule has 0 aliphatic carbocycles. The van der Waals surface area contributed by atoms with E-state index in [0.717, 1.165) is 13.0 Å². The second kappa shape index (κ2) is 6.26. The molecule has 0 aliphatic rings. The van der Waals surface area contributed by atoms with Gasteiger partial charge in [0.15, 0.2) is 0 Å². The van der Waals surface area contributed by atoms with Gasteiger partial charge in [-0.3, -0.25) is 0 Å². The fourth-order valence-electron chi connectivity index (χ4n) is 1.31. The first-order valence-corrected chi connectivity index (χ1v) is 6.09. The quantitative estimate of drug-likeness (QED) is 0.871. The first kappa shape index (κ1) is 12.7. The lowest BCUT2D eigenvalue weighted by molar-refractivity contribution is 0.260. The van der Waals surface area contributed by atoms with Crippen molar-refractivity contribution in [3.05, 3.63) is 35.4 Å². The molecule has 18 heavy (non-hydrogen) atoms. The third kappa shape index (κ3) is 3.37. The van der Waals surface area contributed by atoms with Gasteiger partial charge < -0.3 is 14.5 Å². The van der Waals surface area contributed by atoms with Gasteiger partial charge in [-0.2, -0.15) is 4.98 Å². The maximum atomic E-state index is 5.96. The van der Waals surface area contributed by atoms with E-state index >= 15 is 0 Å². The molecule has 2 aromatic rings. The van der Waals surface area contributed by atoms with E-state index in [4.69, 9.17) is 20.8 Å². The average Bonchev–Trinajstić information content (AvgIpc) is 2.89. The first-order valence-electron chi connectivity index (χ1n) is 5.71. The lowest BCUT2D eigenvalue weighted by Gasteiger charge is -2.07. The Hall–Kier alpha value is -1.75. The average molecular weight is 268 g/mol. The number of nitrogens with zero attached hydrogens (tertiary/aromatic N) is 2. The molecule has 0 radical (unpaired) electrons. The number of rotatable bonds is 6. The van der Waals surface area contributed by atoms with E-state index in [1.807, 2.05) is 6.07 Å². The fourth-order valence-corrected chi connectivity index (χ4v) is 1.45. The van der Waals surface area contributed by atoms with Crippen LogP contribution in [0, 0.1) is 0 Å². The van der Waals surface area contributed by atoms with Gasteiger partial charge in [-0.15, -0.1) is 0 Å². The molecular weight excluding hydrogens is 254 g/mol. The molecule has 0 saturated heterocycles. The zero-order valence-corrected chi connectivity index (χ0v) is 10.8. The van der Waals surface area contributed by atoms with Crippen LogP contribution in [-0.2, 0) is 6.61 Å². The number of hydrogen-bond acceptors (Lipinski definition) is 5. The monoisotopic (exact) mass is 267 g/mol. The van der Waals surface area contributed by atoms with Crippen molar-refractivity contribution < 1.29 is 9.15 Å². The van der Waals surface area contributed by atoms with Crippen molar-refractivity contribution in [3.8, 4) is 5.88 Å². The molecule has 0 amide bonds. The minimum absolute atomic E-state index is 0.289. The lowest BCUT2D eigenvalue weighted by atomic mass is 10.5. The Kier molecular flexibility index (Phi) is 4.41. The molecule has 1 N–H and O–H groups in total. The number of halogens is 1. The Bertz CT molecular complexity index is 488. The summed E-state index contributed by atoms with van der Waals surface area (Å²) in [4.78, 5) is 8.26. The SMILES string of the molecule is CCCNc1ncc(Cl)c(OCc2ccco2)n1. The molecule has 2 aromatic heterocycles. The zero-order chi connectivity index (χ0) is 12.8. The highest BCUT2D eigenvalue weighted by Crippen LogP contribution is 2.22. The summed E-state index contributed by atoms with van der Waals surface area (Å²) in [6.45, 7) is 3.16. The lowest BCUT2D eigenvalue weighted by Crippen LogP contribution is -2.06. The van der Waals surface area contributed by atoms with Crippen molar-refractivity contribution in [2.75, 3.05) is 11.9 Å². The van der Waals surface area contributed by atoms with E-state index < -0.39 is 0 Å². The number of furan rings is 1. The number of nitrogens with one attached hydrogen (secondary N) is 1. The van der Waals surface area contributed by atoms with Gasteiger partial charge in [-0.1, -0.05) is 18.5 Å². The van der Waals surface area contributed by atoms with Crippen LogP contribution >= 0.6 is 11.6 Å². The smallest absolute Gasteiger partial charge is 0.237 e. The highest BCUT2D eigenvalue weighted by molar-refractivity contribution is 6.31. The highest BCUT2D eigenvalue weighted by atomic mass is 35.5. The van der Waals surface area contributed by atoms with Crippen LogP contribution in [0.15, 0.2) is 29.0 Å². The van der Waals surface area contributed by atoms with Crippen LogP contribution in [0.4, 0.5) is 5.95 Å². The Balaban J connectivity index is 2.01. The van der Waals surface area contributed by atoms with Crippen molar-refractivity contribution in [1.82, 2.24) is 9.97 Å². The molecule has 6 heteroatoms. The van der Waals surface area contributed by atoms with Gasteiger partial charge in [0.05, 0.1) is 12.5 Å². The van der Waals surface area contributed by atoms with E-state index in [1.165, 1.54) is 6.20 Å². The maximum Gasteiger partial charge on any atom is 0.237 e. The summed E-state index contributed by atoms with van der Waals surface area (Å²) in [5.74, 6) is 1.57. The van der Waals surface area contributed by atoms with Crippen molar-refractivity contribution >= 4 is 17.5 Å². The Morgan fingerprint density at radius 3 is 3.11 bits per heavy atom. The van der Waals surface area contributed by atoms with Crippen LogP contribution in [-0.4, -0.2) is 16.5 Å².